The maximum Gasteiger partial charge on any atom is 0.257 e. The summed E-state index contributed by atoms with van der Waals surface area (Å²) < 4.78 is 39.5. The summed E-state index contributed by atoms with van der Waals surface area (Å²) in [7, 11) is 0. The van der Waals surface area contributed by atoms with Crippen LogP contribution in [0.5, 0.6) is 0 Å². The summed E-state index contributed by atoms with van der Waals surface area (Å²) in [5, 5.41) is 0. The molecule has 84 valence electrons. The molecule has 0 N–H and O–H groups in total. The van der Waals surface area contributed by atoms with Crippen molar-refractivity contribution in [2.24, 2.45) is 0 Å². The molecule has 0 amide bonds. The average molecular weight is 234 g/mol. The highest BCUT2D eigenvalue weighted by Crippen LogP contribution is 2.30. The Labute approximate surface area is 95.2 Å². The minimum atomic E-state index is -0.987. The van der Waals surface area contributed by atoms with Gasteiger partial charge >= 0.3 is 0 Å². The number of nitrogens with zero attached hydrogens (tertiary/aromatic N) is 2. The molecule has 0 aliphatic carbocycles. The van der Waals surface area contributed by atoms with Crippen molar-refractivity contribution in [3.05, 3.63) is 59.3 Å². The quantitative estimate of drug-likeness (QED) is 0.687. The zero-order chi connectivity index (χ0) is 12.4. The zero-order valence-electron chi connectivity index (χ0n) is 8.42. The fourth-order valence-corrected chi connectivity index (χ4v) is 1.38. The maximum absolute atomic E-state index is 13.7. The number of benzene rings is 1. The predicted molar refractivity (Wildman–Crippen MR) is 55.8 cm³/mol. The second kappa shape index (κ2) is 4.26. The van der Waals surface area contributed by atoms with E-state index in [1.807, 2.05) is 0 Å². The van der Waals surface area contributed by atoms with Crippen LogP contribution in [0.15, 0.2) is 30.5 Å². The molecule has 0 fully saturated rings. The minimum Gasteiger partial charge on any atom is -0.253 e. The SMILES string of the molecule is [C-]#[N+]c1c(F)ccc(-c2ccc(F)cn2)c1F. The maximum atomic E-state index is 13.7. The molecule has 0 unspecified atom stereocenters. The molecular weight excluding hydrogens is 229 g/mol. The van der Waals surface area contributed by atoms with Crippen LogP contribution in [0, 0.1) is 24.0 Å². The first-order valence-electron chi connectivity index (χ1n) is 4.61. The molecule has 0 spiro atoms. The van der Waals surface area contributed by atoms with E-state index in [0.29, 0.717) is 0 Å². The Hall–Kier alpha value is -2.35. The smallest absolute Gasteiger partial charge is 0.253 e. The second-order valence-corrected chi connectivity index (χ2v) is 3.23. The van der Waals surface area contributed by atoms with Crippen LogP contribution in [0.3, 0.4) is 0 Å². The van der Waals surface area contributed by atoms with Crippen LogP contribution in [0.1, 0.15) is 0 Å². The highest BCUT2D eigenvalue weighted by Gasteiger charge is 2.15. The molecule has 0 aliphatic rings. The van der Waals surface area contributed by atoms with E-state index < -0.39 is 23.1 Å². The van der Waals surface area contributed by atoms with Gasteiger partial charge in [-0.05, 0) is 24.3 Å². The second-order valence-electron chi connectivity index (χ2n) is 3.23. The normalized spacial score (nSPS) is 10.0. The van der Waals surface area contributed by atoms with Gasteiger partial charge in [-0.3, -0.25) is 4.98 Å². The van der Waals surface area contributed by atoms with Crippen molar-refractivity contribution in [3.63, 3.8) is 0 Å². The van der Waals surface area contributed by atoms with Crippen LogP contribution < -0.4 is 0 Å². The van der Waals surface area contributed by atoms with Gasteiger partial charge in [0.25, 0.3) is 5.69 Å². The first-order valence-corrected chi connectivity index (χ1v) is 4.61. The molecule has 0 saturated carbocycles. The Kier molecular flexibility index (Phi) is 2.79. The number of rotatable bonds is 1. The molecule has 0 saturated heterocycles. The van der Waals surface area contributed by atoms with E-state index in [4.69, 9.17) is 6.57 Å². The highest BCUT2D eigenvalue weighted by atomic mass is 19.1. The third-order valence-electron chi connectivity index (χ3n) is 2.18. The first kappa shape index (κ1) is 11.1. The Morgan fingerprint density at radius 3 is 2.41 bits per heavy atom. The molecule has 17 heavy (non-hydrogen) atoms. The van der Waals surface area contributed by atoms with Crippen molar-refractivity contribution >= 4 is 5.69 Å². The molecule has 0 aliphatic heterocycles. The fourth-order valence-electron chi connectivity index (χ4n) is 1.38. The lowest BCUT2D eigenvalue weighted by molar-refractivity contribution is 0.595. The van der Waals surface area contributed by atoms with Crippen molar-refractivity contribution in [3.8, 4) is 11.3 Å². The zero-order valence-corrected chi connectivity index (χ0v) is 8.42. The molecule has 2 rings (SSSR count). The van der Waals surface area contributed by atoms with E-state index in [9.17, 15) is 13.2 Å². The molecule has 0 atom stereocenters. The molecule has 2 aromatic rings. The predicted octanol–water partition coefficient (Wildman–Crippen LogP) is 3.72. The summed E-state index contributed by atoms with van der Waals surface area (Å²) in [6, 6.07) is 4.53. The highest BCUT2D eigenvalue weighted by molar-refractivity contribution is 5.67. The van der Waals surface area contributed by atoms with Crippen molar-refractivity contribution in [2.75, 3.05) is 0 Å². The Balaban J connectivity index is 2.61. The lowest BCUT2D eigenvalue weighted by Crippen LogP contribution is -1.90. The van der Waals surface area contributed by atoms with E-state index in [-0.39, 0.29) is 11.3 Å². The Bertz CT molecular complexity index is 600. The summed E-state index contributed by atoms with van der Waals surface area (Å²) >= 11 is 0. The molecule has 1 aromatic heterocycles. The first-order chi connectivity index (χ1) is 8.13. The van der Waals surface area contributed by atoms with Crippen LogP contribution >= 0.6 is 0 Å². The summed E-state index contributed by atoms with van der Waals surface area (Å²) in [4.78, 5) is 6.45. The number of halogens is 3. The van der Waals surface area contributed by atoms with Crippen molar-refractivity contribution < 1.29 is 13.2 Å². The van der Waals surface area contributed by atoms with Crippen LogP contribution in [-0.2, 0) is 0 Å². The third kappa shape index (κ3) is 1.97. The topological polar surface area (TPSA) is 17.2 Å². The molecule has 1 aromatic carbocycles. The van der Waals surface area contributed by atoms with E-state index in [1.54, 1.807) is 0 Å². The van der Waals surface area contributed by atoms with E-state index in [2.05, 4.69) is 9.83 Å². The van der Waals surface area contributed by atoms with Crippen molar-refractivity contribution in [1.29, 1.82) is 0 Å². The summed E-state index contributed by atoms with van der Waals surface area (Å²) in [5.74, 6) is -2.47. The van der Waals surface area contributed by atoms with Crippen LogP contribution in [0.25, 0.3) is 16.1 Å². The molecule has 0 radical (unpaired) electrons. The Morgan fingerprint density at radius 1 is 1.06 bits per heavy atom. The largest absolute Gasteiger partial charge is 0.257 e. The van der Waals surface area contributed by atoms with Gasteiger partial charge in [-0.1, -0.05) is 0 Å². The van der Waals surface area contributed by atoms with Gasteiger partial charge in [0.1, 0.15) is 17.5 Å². The van der Waals surface area contributed by atoms with Gasteiger partial charge in [0.05, 0.1) is 18.5 Å². The number of hydrogen-bond donors (Lipinski definition) is 0. The molecule has 5 heteroatoms. The van der Waals surface area contributed by atoms with Crippen molar-refractivity contribution in [2.45, 2.75) is 0 Å². The summed E-state index contributed by atoms with van der Waals surface area (Å²) in [6.07, 6.45) is 0.926. The van der Waals surface area contributed by atoms with Crippen LogP contribution in [0.2, 0.25) is 0 Å². The van der Waals surface area contributed by atoms with Gasteiger partial charge in [0, 0.05) is 5.56 Å². The number of aromatic nitrogens is 1. The molecule has 0 bridgehead atoms. The minimum absolute atomic E-state index is 0.0302. The third-order valence-corrected chi connectivity index (χ3v) is 2.18. The van der Waals surface area contributed by atoms with E-state index in [1.165, 1.54) is 12.1 Å². The molecule has 2 nitrogen and oxygen atoms in total. The summed E-state index contributed by atoms with van der Waals surface area (Å²) in [5.41, 5.74) is -0.570. The average Bonchev–Trinajstić information content (AvgIpc) is 2.31. The molecular formula is C12H5F3N2. The standard InChI is InChI=1S/C12H5F3N2/c1-16-12-9(14)4-3-8(11(12)15)10-5-2-7(13)6-17-10/h2-6H. The lowest BCUT2D eigenvalue weighted by atomic mass is 10.1. The van der Waals surface area contributed by atoms with Gasteiger partial charge in [-0.2, -0.15) is 0 Å². The van der Waals surface area contributed by atoms with Gasteiger partial charge < -0.3 is 0 Å². The van der Waals surface area contributed by atoms with Crippen molar-refractivity contribution in [1.82, 2.24) is 4.98 Å². The molecule has 1 heterocycles. The monoisotopic (exact) mass is 234 g/mol. The lowest BCUT2D eigenvalue weighted by Gasteiger charge is -2.04. The van der Waals surface area contributed by atoms with Gasteiger partial charge in [0.2, 0.25) is 0 Å². The van der Waals surface area contributed by atoms with Crippen LogP contribution in [0.4, 0.5) is 18.9 Å². The van der Waals surface area contributed by atoms with Gasteiger partial charge in [0.15, 0.2) is 0 Å². The van der Waals surface area contributed by atoms with Crippen LogP contribution in [-0.4, -0.2) is 4.98 Å². The number of pyridine rings is 1. The fraction of sp³-hybridized carbons (Fsp3) is 0. The number of hydrogen-bond acceptors (Lipinski definition) is 1. The van der Waals surface area contributed by atoms with E-state index >= 15 is 0 Å². The van der Waals surface area contributed by atoms with Gasteiger partial charge in [-0.15, -0.1) is 0 Å². The summed E-state index contributed by atoms with van der Waals surface area (Å²) in [6.45, 7) is 6.68. The van der Waals surface area contributed by atoms with E-state index in [0.717, 1.165) is 18.3 Å². The van der Waals surface area contributed by atoms with Gasteiger partial charge in [-0.25, -0.2) is 18.0 Å². The Morgan fingerprint density at radius 2 is 1.82 bits per heavy atom.